The standard InChI is InChI=1S/C18H22N2.C17H19N.CH3NO/c1-19-18-14-20(12-15-8-4-2-5-9-15)13-17(18)16-10-6-3-7-11-16;1-3-7-15(8-4-1)13-18-12-11-17(14-18)16-9-5-2-6-10-16;2-1-3/h2-11,17-19H,12-14H2,1H3;1-10,17H,11-14H2;1H,(H2,2,3)/t17-,18+;17-;/m11./s1. The summed E-state index contributed by atoms with van der Waals surface area (Å²) in [6, 6.07) is 43.8. The number of hydrogen-bond acceptors (Lipinski definition) is 4. The van der Waals surface area contributed by atoms with Crippen LogP contribution in [0.3, 0.4) is 0 Å². The molecule has 2 fully saturated rings. The fourth-order valence-corrected chi connectivity index (χ4v) is 6.00. The van der Waals surface area contributed by atoms with Gasteiger partial charge in [-0.15, -0.1) is 0 Å². The summed E-state index contributed by atoms with van der Waals surface area (Å²) in [6.07, 6.45) is 1.54. The summed E-state index contributed by atoms with van der Waals surface area (Å²) in [5, 5.41) is 3.49. The van der Waals surface area contributed by atoms with Crippen molar-refractivity contribution in [1.82, 2.24) is 15.1 Å². The maximum atomic E-state index is 8.58. The van der Waals surface area contributed by atoms with Gasteiger partial charge in [0.2, 0.25) is 6.41 Å². The van der Waals surface area contributed by atoms with Crippen LogP contribution < -0.4 is 11.1 Å². The van der Waals surface area contributed by atoms with E-state index < -0.39 is 0 Å². The van der Waals surface area contributed by atoms with Crippen molar-refractivity contribution in [2.75, 3.05) is 33.2 Å². The molecule has 0 radical (unpaired) electrons. The first-order valence-electron chi connectivity index (χ1n) is 14.6. The van der Waals surface area contributed by atoms with Gasteiger partial charge in [-0.2, -0.15) is 0 Å². The van der Waals surface area contributed by atoms with Crippen LogP contribution in [-0.4, -0.2) is 55.5 Å². The zero-order chi connectivity index (χ0) is 28.7. The summed E-state index contributed by atoms with van der Waals surface area (Å²) in [6.45, 7) is 6.79. The first kappa shape index (κ1) is 30.2. The second kappa shape index (κ2) is 16.5. The second-order valence-electron chi connectivity index (χ2n) is 10.8. The maximum Gasteiger partial charge on any atom is 0.204 e. The number of nitrogens with zero attached hydrogens (tertiary/aromatic N) is 2. The van der Waals surface area contributed by atoms with Crippen molar-refractivity contribution in [3.05, 3.63) is 144 Å². The SMILES string of the molecule is CN[C@H]1CN(Cc2ccccc2)C[C@@H]1c1ccccc1.NC=O.c1ccc(CN2CC[C@@H](c3ccccc3)C2)cc1. The van der Waals surface area contributed by atoms with Gasteiger partial charge >= 0.3 is 0 Å². The topological polar surface area (TPSA) is 61.6 Å². The Balaban J connectivity index is 0.000000173. The number of benzene rings is 4. The summed E-state index contributed by atoms with van der Waals surface area (Å²) in [5.41, 5.74) is 9.93. The molecule has 0 aromatic heterocycles. The minimum atomic E-state index is 0.250. The Labute approximate surface area is 246 Å². The summed E-state index contributed by atoms with van der Waals surface area (Å²) >= 11 is 0. The lowest BCUT2D eigenvalue weighted by atomic mass is 9.94. The maximum absolute atomic E-state index is 8.58. The molecule has 0 aliphatic carbocycles. The van der Waals surface area contributed by atoms with Gasteiger partial charge in [0.05, 0.1) is 0 Å². The molecule has 41 heavy (non-hydrogen) atoms. The van der Waals surface area contributed by atoms with Gasteiger partial charge in [-0.05, 0) is 48.2 Å². The van der Waals surface area contributed by atoms with Gasteiger partial charge < -0.3 is 11.1 Å². The van der Waals surface area contributed by atoms with Crippen molar-refractivity contribution in [3.8, 4) is 0 Å². The number of carbonyl (C=O) groups is 1. The number of amides is 1. The van der Waals surface area contributed by atoms with Crippen molar-refractivity contribution in [2.45, 2.75) is 37.4 Å². The van der Waals surface area contributed by atoms with Crippen molar-refractivity contribution in [1.29, 1.82) is 0 Å². The van der Waals surface area contributed by atoms with E-state index in [9.17, 15) is 0 Å². The van der Waals surface area contributed by atoms with Crippen LogP contribution in [0.1, 0.15) is 40.5 Å². The molecule has 2 aliphatic heterocycles. The van der Waals surface area contributed by atoms with E-state index in [0.29, 0.717) is 12.0 Å². The van der Waals surface area contributed by atoms with Gasteiger partial charge in [0, 0.05) is 44.7 Å². The highest BCUT2D eigenvalue weighted by atomic mass is 16.1. The summed E-state index contributed by atoms with van der Waals surface area (Å²) in [5.74, 6) is 1.31. The molecular weight excluding hydrogens is 504 g/mol. The molecule has 0 bridgehead atoms. The van der Waals surface area contributed by atoms with E-state index in [4.69, 9.17) is 4.79 Å². The minimum absolute atomic E-state index is 0.250. The van der Waals surface area contributed by atoms with Crippen LogP contribution in [0.25, 0.3) is 0 Å². The molecule has 3 atom stereocenters. The number of nitrogens with one attached hydrogen (secondary N) is 1. The lowest BCUT2D eigenvalue weighted by Crippen LogP contribution is -2.32. The Morgan fingerprint density at radius 1 is 0.683 bits per heavy atom. The van der Waals surface area contributed by atoms with Crippen molar-refractivity contribution in [2.24, 2.45) is 5.73 Å². The third kappa shape index (κ3) is 9.39. The largest absolute Gasteiger partial charge is 0.372 e. The van der Waals surface area contributed by atoms with Gasteiger partial charge in [0.1, 0.15) is 0 Å². The predicted molar refractivity (Wildman–Crippen MR) is 170 cm³/mol. The number of primary amides is 1. The molecule has 4 aromatic rings. The summed E-state index contributed by atoms with van der Waals surface area (Å²) in [7, 11) is 2.08. The van der Waals surface area contributed by atoms with Crippen molar-refractivity contribution < 1.29 is 4.79 Å². The van der Waals surface area contributed by atoms with Crippen molar-refractivity contribution in [3.63, 3.8) is 0 Å². The lowest BCUT2D eigenvalue weighted by Gasteiger charge is -2.17. The van der Waals surface area contributed by atoms with Crippen molar-refractivity contribution >= 4 is 6.41 Å². The molecule has 0 saturated carbocycles. The molecule has 214 valence electrons. The average Bonchev–Trinajstić information content (AvgIpc) is 3.67. The third-order valence-electron chi connectivity index (χ3n) is 8.04. The Kier molecular flexibility index (Phi) is 12.1. The molecule has 2 heterocycles. The molecular formula is C36H44N4O. The molecule has 0 spiro atoms. The Morgan fingerprint density at radius 2 is 1.15 bits per heavy atom. The lowest BCUT2D eigenvalue weighted by molar-refractivity contribution is -0.106. The van der Waals surface area contributed by atoms with E-state index in [-0.39, 0.29) is 6.41 Å². The predicted octanol–water partition coefficient (Wildman–Crippen LogP) is 5.65. The highest BCUT2D eigenvalue weighted by Gasteiger charge is 2.32. The fourth-order valence-electron chi connectivity index (χ4n) is 6.00. The van der Waals surface area contributed by atoms with Gasteiger partial charge in [-0.25, -0.2) is 0 Å². The first-order chi connectivity index (χ1) is 20.2. The van der Waals surface area contributed by atoms with E-state index in [2.05, 4.69) is 149 Å². The average molecular weight is 549 g/mol. The number of nitrogens with two attached hydrogens (primary N) is 1. The number of likely N-dealkylation sites (N-methyl/N-ethyl adjacent to an activating group) is 1. The zero-order valence-electron chi connectivity index (χ0n) is 24.2. The number of hydrogen-bond donors (Lipinski definition) is 2. The quantitative estimate of drug-likeness (QED) is 0.293. The highest BCUT2D eigenvalue weighted by molar-refractivity contribution is 5.42. The van der Waals surface area contributed by atoms with Crippen LogP contribution in [0.4, 0.5) is 0 Å². The van der Waals surface area contributed by atoms with Crippen LogP contribution in [0.15, 0.2) is 121 Å². The zero-order valence-corrected chi connectivity index (χ0v) is 24.2. The van der Waals surface area contributed by atoms with Crippen LogP contribution in [0, 0.1) is 0 Å². The number of rotatable bonds is 7. The fraction of sp³-hybridized carbons (Fsp3) is 0.306. The second-order valence-corrected chi connectivity index (χ2v) is 10.8. The van der Waals surface area contributed by atoms with Crippen LogP contribution in [0.2, 0.25) is 0 Å². The van der Waals surface area contributed by atoms with Gasteiger partial charge in [0.15, 0.2) is 0 Å². The van der Waals surface area contributed by atoms with E-state index in [1.807, 2.05) is 0 Å². The molecule has 0 unspecified atom stereocenters. The molecule has 1 amide bonds. The smallest absolute Gasteiger partial charge is 0.204 e. The molecule has 3 N–H and O–H groups in total. The van der Waals surface area contributed by atoms with E-state index in [1.54, 1.807) is 0 Å². The first-order valence-corrected chi connectivity index (χ1v) is 14.6. The highest BCUT2D eigenvalue weighted by Crippen LogP contribution is 2.29. The van der Waals surface area contributed by atoms with Gasteiger partial charge in [-0.3, -0.25) is 14.6 Å². The molecule has 2 aliphatic rings. The Hall–Kier alpha value is -3.77. The molecule has 5 heteroatoms. The third-order valence-corrected chi connectivity index (χ3v) is 8.04. The molecule has 2 saturated heterocycles. The number of carbonyl (C=O) groups excluding carboxylic acids is 1. The van der Waals surface area contributed by atoms with E-state index in [0.717, 1.165) is 32.1 Å². The molecule has 4 aromatic carbocycles. The van der Waals surface area contributed by atoms with Crippen LogP contribution in [-0.2, 0) is 17.9 Å². The number of likely N-dealkylation sites (tertiary alicyclic amines) is 2. The van der Waals surface area contributed by atoms with E-state index >= 15 is 0 Å². The Bertz CT molecular complexity index is 1250. The van der Waals surface area contributed by atoms with E-state index in [1.165, 1.54) is 41.8 Å². The van der Waals surface area contributed by atoms with Gasteiger partial charge in [0.25, 0.3) is 0 Å². The summed E-state index contributed by atoms with van der Waals surface area (Å²) < 4.78 is 0. The van der Waals surface area contributed by atoms with Crippen LogP contribution >= 0.6 is 0 Å². The molecule has 5 nitrogen and oxygen atoms in total. The molecule has 6 rings (SSSR count). The monoisotopic (exact) mass is 548 g/mol. The van der Waals surface area contributed by atoms with Gasteiger partial charge in [-0.1, -0.05) is 121 Å². The normalized spacial score (nSPS) is 20.4. The summed E-state index contributed by atoms with van der Waals surface area (Å²) in [4.78, 5) is 13.7. The van der Waals surface area contributed by atoms with Crippen LogP contribution in [0.5, 0.6) is 0 Å². The minimum Gasteiger partial charge on any atom is -0.372 e. The Morgan fingerprint density at radius 3 is 1.66 bits per heavy atom.